The summed E-state index contributed by atoms with van der Waals surface area (Å²) in [6, 6.07) is 7.00. The standard InChI is InChI=1S/C54H57ClF10N8O14P2S2/c1-26-14-28(19-39(74)66-25-88(77,78)79)44(38(15-26)87-89(80,81)82)50(2,3)22-41(76)73(91(7,85)86)49-43-36(55)11-10-33(46(43)72(70-49)24-52(58,59)60)32-9-8-31(12-13-51(4,5)90(6,83)84)67-45(32)37(18-27-16-29(56)20-30(57)17-27)68-40(75)23-71-48-42(47(69-71)54(63,64)65)34-21-35(34)53(48,61)62/h8-11,14-17,20,34-35,37H,12-13,18-19,21-25H2,1-7H3,(H,66,74)(H,68,75)(H2,77,78,79)(H2,80,81,82)/t34-,35?,37-/m0/s1. The van der Waals surface area contributed by atoms with Crippen molar-refractivity contribution in [3.63, 3.8) is 0 Å². The van der Waals surface area contributed by atoms with Crippen molar-refractivity contribution in [1.82, 2.24) is 35.2 Å². The minimum Gasteiger partial charge on any atom is -0.404 e. The molecule has 1 fully saturated rings. The fourth-order valence-corrected chi connectivity index (χ4v) is 13.5. The second-order valence-electron chi connectivity index (χ2n) is 23.6. The zero-order valence-corrected chi connectivity index (χ0v) is 52.9. The van der Waals surface area contributed by atoms with Gasteiger partial charge in [0, 0.05) is 58.0 Å². The van der Waals surface area contributed by atoms with Gasteiger partial charge in [-0.25, -0.2) is 30.2 Å². The molecule has 0 bridgehead atoms. The van der Waals surface area contributed by atoms with Crippen LogP contribution in [0.15, 0.2) is 54.6 Å². The zero-order valence-electron chi connectivity index (χ0n) is 48.7. The van der Waals surface area contributed by atoms with Crippen LogP contribution < -0.4 is 19.5 Å². The van der Waals surface area contributed by atoms with Gasteiger partial charge >= 0.3 is 27.8 Å². The number of carbonyl (C=O) groups excluding carboxylic acids is 3. The van der Waals surface area contributed by atoms with Gasteiger partial charge in [-0.2, -0.15) is 49.6 Å². The summed E-state index contributed by atoms with van der Waals surface area (Å²) in [5.74, 6) is -14.9. The molecule has 91 heavy (non-hydrogen) atoms. The van der Waals surface area contributed by atoms with Crippen molar-refractivity contribution in [1.29, 1.82) is 0 Å². The number of anilines is 1. The summed E-state index contributed by atoms with van der Waals surface area (Å²) in [6.07, 6.45) is -13.8. The van der Waals surface area contributed by atoms with Gasteiger partial charge < -0.3 is 24.9 Å². The molecule has 3 atom stereocenters. The molecule has 3 aromatic heterocycles. The van der Waals surface area contributed by atoms with E-state index in [4.69, 9.17) is 21.1 Å². The van der Waals surface area contributed by atoms with Crippen molar-refractivity contribution in [3.8, 4) is 16.9 Å². The molecule has 6 N–H and O–H groups in total. The van der Waals surface area contributed by atoms with Gasteiger partial charge in [0.2, 0.25) is 27.7 Å². The second-order valence-corrected chi connectivity index (χ2v) is 31.3. The summed E-state index contributed by atoms with van der Waals surface area (Å²) in [7, 11) is -19.4. The smallest absolute Gasteiger partial charge is 0.404 e. The third kappa shape index (κ3) is 15.8. The maximum absolute atomic E-state index is 15.8. The minimum atomic E-state index is -5.54. The van der Waals surface area contributed by atoms with Crippen LogP contribution in [0.2, 0.25) is 5.02 Å². The molecule has 496 valence electrons. The SMILES string of the molecule is Cc1cc(CC(=O)NCP(=O)(O)O)c(C(C)(C)CC(=O)N(c2nn(CC(F)(F)F)c3c(-c4ccc(CCC(C)(C)S(C)(=O)=O)nc4[C@H](Cc4cc(F)cc(F)c4)NC(=O)Cn4nc(C(F)(F)F)c5c4C(F)(F)C4C[C@H]54)ccc(Cl)c23)S(C)(=O)=O)c(OP(=O)(O)O)c1. The molecule has 0 radical (unpaired) electrons. The summed E-state index contributed by atoms with van der Waals surface area (Å²) in [6.45, 7) is 3.06. The topological polar surface area (TPSA) is 320 Å². The number of nitrogens with one attached hydrogen (secondary N) is 2. The van der Waals surface area contributed by atoms with E-state index < -0.39 is 205 Å². The molecule has 0 aliphatic heterocycles. The summed E-state index contributed by atoms with van der Waals surface area (Å²) in [5.41, 5.74) is -8.37. The highest BCUT2D eigenvalue weighted by Gasteiger charge is 2.68. The number of phosphoric ester groups is 1. The van der Waals surface area contributed by atoms with Crippen LogP contribution in [0.1, 0.15) is 110 Å². The van der Waals surface area contributed by atoms with E-state index in [-0.39, 0.29) is 66.4 Å². The van der Waals surface area contributed by atoms with Crippen molar-refractivity contribution in [2.45, 2.75) is 127 Å². The Kier molecular flexibility index (Phi) is 18.9. The first-order valence-corrected chi connectivity index (χ1v) is 34.4. The number of halogens is 11. The lowest BCUT2D eigenvalue weighted by Gasteiger charge is -2.31. The Hall–Kier alpha value is -6.51. The van der Waals surface area contributed by atoms with Crippen LogP contribution in [0.5, 0.6) is 5.75 Å². The number of fused-ring (bicyclic) bond motifs is 4. The molecule has 1 saturated carbocycles. The normalized spacial score (nSPS) is 16.5. The molecule has 6 aromatic rings. The minimum absolute atomic E-state index is 0.0299. The van der Waals surface area contributed by atoms with Gasteiger partial charge in [-0.3, -0.25) is 43.1 Å². The Bertz CT molecular complexity index is 4270. The number of benzene rings is 3. The summed E-state index contributed by atoms with van der Waals surface area (Å²) < 4.78 is 232. The molecular formula is C54H57ClF10N8O14P2S2. The molecule has 1 unspecified atom stereocenters. The lowest BCUT2D eigenvalue weighted by atomic mass is 9.77. The van der Waals surface area contributed by atoms with Crippen molar-refractivity contribution in [3.05, 3.63) is 122 Å². The highest BCUT2D eigenvalue weighted by molar-refractivity contribution is 7.93. The number of aryl methyl sites for hydroxylation is 2. The Labute approximate surface area is 517 Å². The largest absolute Gasteiger partial charge is 0.524 e. The van der Waals surface area contributed by atoms with Crippen LogP contribution in [-0.2, 0) is 93.2 Å². The number of sulfonamides is 1. The number of nitrogens with zero attached hydrogens (tertiary/aromatic N) is 6. The summed E-state index contributed by atoms with van der Waals surface area (Å²) in [5, 5.41) is 10.5. The molecule has 3 heterocycles. The lowest BCUT2D eigenvalue weighted by molar-refractivity contribution is -0.143. The van der Waals surface area contributed by atoms with Gasteiger partial charge in [0.1, 0.15) is 42.5 Å². The van der Waals surface area contributed by atoms with Crippen molar-refractivity contribution >= 4 is 81.3 Å². The van der Waals surface area contributed by atoms with Gasteiger partial charge in [-0.1, -0.05) is 43.6 Å². The van der Waals surface area contributed by atoms with Crippen molar-refractivity contribution < 1.29 is 108 Å². The molecule has 3 amide bonds. The average Bonchev–Trinajstić information content (AvgIpc) is 1.52. The van der Waals surface area contributed by atoms with E-state index >= 15 is 35.5 Å². The van der Waals surface area contributed by atoms with E-state index in [1.165, 1.54) is 52.8 Å². The predicted molar refractivity (Wildman–Crippen MR) is 307 cm³/mol. The fourth-order valence-electron chi connectivity index (χ4n) is 11.2. The first-order valence-electron chi connectivity index (χ1n) is 27.0. The molecular weight excluding hydrogens is 1340 g/mol. The molecule has 2 aliphatic rings. The van der Waals surface area contributed by atoms with E-state index in [0.29, 0.717) is 12.3 Å². The van der Waals surface area contributed by atoms with Gasteiger partial charge in [-0.05, 0) is 99.4 Å². The van der Waals surface area contributed by atoms with Crippen LogP contribution in [0.25, 0.3) is 22.0 Å². The number of aromatic nitrogens is 5. The number of rotatable bonds is 23. The number of hydrogen-bond acceptors (Lipinski definition) is 13. The maximum atomic E-state index is 15.8. The average molecular weight is 1390 g/mol. The quantitative estimate of drug-likeness (QED) is 0.0257. The first-order chi connectivity index (χ1) is 41.5. The zero-order chi connectivity index (χ0) is 68.1. The third-order valence-electron chi connectivity index (χ3n) is 15.3. The Morgan fingerprint density at radius 3 is 2.08 bits per heavy atom. The number of hydrogen-bond donors (Lipinski definition) is 6. The van der Waals surface area contributed by atoms with Crippen molar-refractivity contribution in [2.24, 2.45) is 5.92 Å². The van der Waals surface area contributed by atoms with Crippen LogP contribution in [0.4, 0.5) is 49.7 Å². The van der Waals surface area contributed by atoms with Crippen LogP contribution in [-0.4, -0.2) is 108 Å². The molecule has 2 aliphatic carbocycles. The number of carbonyl (C=O) groups is 3. The van der Waals surface area contributed by atoms with E-state index in [0.717, 1.165) is 36.6 Å². The lowest BCUT2D eigenvalue weighted by Crippen LogP contribution is -2.40. The highest BCUT2D eigenvalue weighted by atomic mass is 35.5. The number of phosphoric acid groups is 1. The third-order valence-corrected chi connectivity index (χ3v) is 19.9. The van der Waals surface area contributed by atoms with E-state index in [1.807, 2.05) is 5.32 Å². The van der Waals surface area contributed by atoms with Crippen molar-refractivity contribution in [2.75, 3.05) is 23.1 Å². The first kappa shape index (κ1) is 70.4. The number of pyridine rings is 1. The Morgan fingerprint density at radius 2 is 1.51 bits per heavy atom. The Morgan fingerprint density at radius 1 is 0.879 bits per heavy atom. The Balaban J connectivity index is 1.33. The number of sulfone groups is 1. The highest BCUT2D eigenvalue weighted by Crippen LogP contribution is 2.68. The van der Waals surface area contributed by atoms with Crippen LogP contribution in [0, 0.1) is 24.5 Å². The number of alkyl halides is 8. The van der Waals surface area contributed by atoms with E-state index in [9.17, 15) is 68.3 Å². The fraction of sp³-hybridized carbons (Fsp3) is 0.444. The predicted octanol–water partition coefficient (Wildman–Crippen LogP) is 9.11. The summed E-state index contributed by atoms with van der Waals surface area (Å²) >= 11 is 6.82. The molecule has 0 spiro atoms. The molecule has 3 aromatic carbocycles. The van der Waals surface area contributed by atoms with E-state index in [2.05, 4.69) is 15.5 Å². The number of amides is 3. The molecule has 8 rings (SSSR count). The van der Waals surface area contributed by atoms with Crippen LogP contribution >= 0.6 is 27.0 Å². The maximum Gasteiger partial charge on any atom is 0.524 e. The van der Waals surface area contributed by atoms with E-state index in [1.54, 1.807) is 0 Å². The van der Waals surface area contributed by atoms with Gasteiger partial charge in [0.05, 0.1) is 45.1 Å². The monoisotopic (exact) mass is 1390 g/mol. The van der Waals surface area contributed by atoms with Crippen LogP contribution in [0.3, 0.4) is 0 Å². The molecule has 37 heteroatoms. The van der Waals surface area contributed by atoms with Gasteiger partial charge in [0.25, 0.3) is 5.92 Å². The molecule has 22 nitrogen and oxygen atoms in total. The second kappa shape index (κ2) is 24.4. The summed E-state index contributed by atoms with van der Waals surface area (Å²) in [4.78, 5) is 86.0. The van der Waals surface area contributed by atoms with Gasteiger partial charge in [0.15, 0.2) is 21.3 Å². The molecule has 0 saturated heterocycles. The van der Waals surface area contributed by atoms with Gasteiger partial charge in [-0.15, -0.1) is 0 Å².